The lowest BCUT2D eigenvalue weighted by molar-refractivity contribution is -0.131. The molecule has 0 unspecified atom stereocenters. The molecule has 4 rings (SSSR count). The monoisotopic (exact) mass is 348 g/mol. The SMILES string of the molecule is O=C(Cc1ccccc1)N1CCN(C(=O)c2ccc3c(c2)CCC3)CC1. The standard InChI is InChI=1S/C22H24N2O2/c25-21(15-17-5-2-1-3-6-17)23-11-13-24(14-12-23)22(26)20-10-9-18-7-4-8-19(18)16-20/h1-3,5-6,9-10,16H,4,7-8,11-15H2. The molecule has 2 aliphatic rings. The maximum Gasteiger partial charge on any atom is 0.253 e. The summed E-state index contributed by atoms with van der Waals surface area (Å²) in [5.74, 6) is 0.232. The van der Waals surface area contributed by atoms with Crippen LogP contribution in [0.25, 0.3) is 0 Å². The summed E-state index contributed by atoms with van der Waals surface area (Å²) in [5, 5.41) is 0. The van der Waals surface area contributed by atoms with Gasteiger partial charge in [-0.25, -0.2) is 0 Å². The van der Waals surface area contributed by atoms with Crippen molar-refractivity contribution in [2.45, 2.75) is 25.7 Å². The van der Waals surface area contributed by atoms with Crippen LogP contribution in [0.1, 0.15) is 33.5 Å². The Hall–Kier alpha value is -2.62. The lowest BCUT2D eigenvalue weighted by Gasteiger charge is -2.35. The summed E-state index contributed by atoms with van der Waals surface area (Å²) in [7, 11) is 0. The molecule has 1 aliphatic carbocycles. The number of benzene rings is 2. The molecule has 0 N–H and O–H groups in total. The zero-order valence-electron chi connectivity index (χ0n) is 15.0. The molecule has 0 bridgehead atoms. The molecule has 1 aliphatic heterocycles. The van der Waals surface area contributed by atoms with Crippen LogP contribution in [0.4, 0.5) is 0 Å². The minimum Gasteiger partial charge on any atom is -0.339 e. The average Bonchev–Trinajstić information content (AvgIpc) is 3.16. The summed E-state index contributed by atoms with van der Waals surface area (Å²) in [6, 6.07) is 16.0. The predicted octanol–water partition coefficient (Wildman–Crippen LogP) is 2.70. The van der Waals surface area contributed by atoms with Gasteiger partial charge in [0.1, 0.15) is 0 Å². The van der Waals surface area contributed by atoms with E-state index in [-0.39, 0.29) is 11.8 Å². The molecule has 2 amide bonds. The molecule has 2 aromatic rings. The highest BCUT2D eigenvalue weighted by Crippen LogP contribution is 2.23. The van der Waals surface area contributed by atoms with Gasteiger partial charge >= 0.3 is 0 Å². The molecule has 2 aromatic carbocycles. The van der Waals surface area contributed by atoms with Gasteiger partial charge in [0.2, 0.25) is 5.91 Å². The van der Waals surface area contributed by atoms with Gasteiger partial charge < -0.3 is 9.80 Å². The largest absolute Gasteiger partial charge is 0.339 e. The van der Waals surface area contributed by atoms with Crippen LogP contribution in [0.5, 0.6) is 0 Å². The smallest absolute Gasteiger partial charge is 0.253 e. The Balaban J connectivity index is 1.34. The van der Waals surface area contributed by atoms with Crippen molar-refractivity contribution >= 4 is 11.8 Å². The Bertz CT molecular complexity index is 808. The van der Waals surface area contributed by atoms with Gasteiger partial charge in [0.25, 0.3) is 5.91 Å². The number of hydrogen-bond donors (Lipinski definition) is 0. The molecule has 1 saturated heterocycles. The van der Waals surface area contributed by atoms with Gasteiger partial charge in [-0.1, -0.05) is 36.4 Å². The first-order chi connectivity index (χ1) is 12.7. The van der Waals surface area contributed by atoms with Crippen molar-refractivity contribution in [2.24, 2.45) is 0 Å². The maximum absolute atomic E-state index is 12.8. The number of nitrogens with zero attached hydrogens (tertiary/aromatic N) is 2. The predicted molar refractivity (Wildman–Crippen MR) is 101 cm³/mol. The molecule has 4 nitrogen and oxygen atoms in total. The summed E-state index contributed by atoms with van der Waals surface area (Å²) in [6.07, 6.45) is 3.83. The molecule has 0 saturated carbocycles. The Kier molecular flexibility index (Phi) is 4.74. The highest BCUT2D eigenvalue weighted by atomic mass is 16.2. The lowest BCUT2D eigenvalue weighted by Crippen LogP contribution is -2.51. The first-order valence-corrected chi connectivity index (χ1v) is 9.43. The van der Waals surface area contributed by atoms with Crippen molar-refractivity contribution in [3.05, 3.63) is 70.8 Å². The summed E-state index contributed by atoms with van der Waals surface area (Å²) >= 11 is 0. The Morgan fingerprint density at radius 1 is 0.808 bits per heavy atom. The van der Waals surface area contributed by atoms with Crippen molar-refractivity contribution < 1.29 is 9.59 Å². The Morgan fingerprint density at radius 2 is 1.50 bits per heavy atom. The molecular weight excluding hydrogens is 324 g/mol. The molecular formula is C22H24N2O2. The molecule has 4 heteroatoms. The number of hydrogen-bond acceptors (Lipinski definition) is 2. The van der Waals surface area contributed by atoms with Gasteiger partial charge in [-0.05, 0) is 48.1 Å². The topological polar surface area (TPSA) is 40.6 Å². The van der Waals surface area contributed by atoms with E-state index in [0.717, 1.165) is 24.0 Å². The van der Waals surface area contributed by atoms with E-state index in [2.05, 4.69) is 12.1 Å². The first-order valence-electron chi connectivity index (χ1n) is 9.43. The van der Waals surface area contributed by atoms with Crippen LogP contribution in [-0.2, 0) is 24.1 Å². The lowest BCUT2D eigenvalue weighted by atomic mass is 10.1. The van der Waals surface area contributed by atoms with Crippen LogP contribution < -0.4 is 0 Å². The zero-order chi connectivity index (χ0) is 17.9. The second kappa shape index (κ2) is 7.32. The van der Waals surface area contributed by atoms with E-state index in [1.54, 1.807) is 0 Å². The van der Waals surface area contributed by atoms with Crippen molar-refractivity contribution in [1.82, 2.24) is 9.80 Å². The van der Waals surface area contributed by atoms with E-state index < -0.39 is 0 Å². The number of carbonyl (C=O) groups excluding carboxylic acids is 2. The van der Waals surface area contributed by atoms with Gasteiger partial charge in [-0.2, -0.15) is 0 Å². The zero-order valence-corrected chi connectivity index (χ0v) is 15.0. The third-order valence-electron chi connectivity index (χ3n) is 5.46. The highest BCUT2D eigenvalue weighted by Gasteiger charge is 2.25. The quantitative estimate of drug-likeness (QED) is 0.856. The molecule has 0 spiro atoms. The number of piperazine rings is 1. The van der Waals surface area contributed by atoms with Crippen LogP contribution in [0.15, 0.2) is 48.5 Å². The van der Waals surface area contributed by atoms with Gasteiger partial charge in [-0.15, -0.1) is 0 Å². The summed E-state index contributed by atoms with van der Waals surface area (Å²) in [6.45, 7) is 2.44. The fourth-order valence-corrected chi connectivity index (χ4v) is 3.93. The average molecular weight is 348 g/mol. The highest BCUT2D eigenvalue weighted by molar-refractivity contribution is 5.94. The van der Waals surface area contributed by atoms with E-state index in [4.69, 9.17) is 0 Å². The van der Waals surface area contributed by atoms with Crippen LogP contribution in [0.2, 0.25) is 0 Å². The van der Waals surface area contributed by atoms with Crippen LogP contribution in [0.3, 0.4) is 0 Å². The van der Waals surface area contributed by atoms with E-state index in [0.29, 0.717) is 32.6 Å². The van der Waals surface area contributed by atoms with E-state index in [1.807, 2.05) is 46.2 Å². The van der Waals surface area contributed by atoms with Gasteiger partial charge in [0, 0.05) is 31.7 Å². The van der Waals surface area contributed by atoms with Crippen molar-refractivity contribution in [2.75, 3.05) is 26.2 Å². The summed E-state index contributed by atoms with van der Waals surface area (Å²) in [5.41, 5.74) is 4.54. The number of carbonyl (C=O) groups is 2. The molecule has 0 radical (unpaired) electrons. The van der Waals surface area contributed by atoms with Crippen molar-refractivity contribution in [3.8, 4) is 0 Å². The minimum absolute atomic E-state index is 0.0925. The maximum atomic E-state index is 12.8. The second-order valence-electron chi connectivity index (χ2n) is 7.17. The van der Waals surface area contributed by atoms with Crippen LogP contribution >= 0.6 is 0 Å². The molecule has 1 fully saturated rings. The van der Waals surface area contributed by atoms with Gasteiger partial charge in [-0.3, -0.25) is 9.59 Å². The van der Waals surface area contributed by atoms with E-state index in [1.165, 1.54) is 17.5 Å². The molecule has 0 atom stereocenters. The third kappa shape index (κ3) is 3.50. The van der Waals surface area contributed by atoms with Crippen molar-refractivity contribution in [3.63, 3.8) is 0 Å². The second-order valence-corrected chi connectivity index (χ2v) is 7.17. The first kappa shape index (κ1) is 16.8. The molecule has 0 aromatic heterocycles. The summed E-state index contributed by atoms with van der Waals surface area (Å²) < 4.78 is 0. The fraction of sp³-hybridized carbons (Fsp3) is 0.364. The van der Waals surface area contributed by atoms with Crippen LogP contribution in [-0.4, -0.2) is 47.8 Å². The van der Waals surface area contributed by atoms with E-state index in [9.17, 15) is 9.59 Å². The van der Waals surface area contributed by atoms with Gasteiger partial charge in [0.05, 0.1) is 6.42 Å². The molecule has 26 heavy (non-hydrogen) atoms. The number of aryl methyl sites for hydroxylation is 2. The van der Waals surface area contributed by atoms with Gasteiger partial charge in [0.15, 0.2) is 0 Å². The minimum atomic E-state index is 0.0925. The normalized spacial score (nSPS) is 16.5. The number of amides is 2. The summed E-state index contributed by atoms with van der Waals surface area (Å²) in [4.78, 5) is 29.0. The number of fused-ring (bicyclic) bond motifs is 1. The van der Waals surface area contributed by atoms with Crippen molar-refractivity contribution in [1.29, 1.82) is 0 Å². The van der Waals surface area contributed by atoms with Crippen LogP contribution in [0, 0.1) is 0 Å². The third-order valence-corrected chi connectivity index (χ3v) is 5.46. The Labute approximate surface area is 154 Å². The van der Waals surface area contributed by atoms with E-state index >= 15 is 0 Å². The molecule has 134 valence electrons. The molecule has 1 heterocycles. The number of rotatable bonds is 3. The fourth-order valence-electron chi connectivity index (χ4n) is 3.93. The Morgan fingerprint density at radius 3 is 2.27 bits per heavy atom.